The molecule has 1 aromatic carbocycles. The fraction of sp³-hybridized carbons (Fsp3) is 0.133. The maximum absolute atomic E-state index is 11.9. The summed E-state index contributed by atoms with van der Waals surface area (Å²) in [7, 11) is 0. The molecule has 0 unspecified atom stereocenters. The highest BCUT2D eigenvalue weighted by molar-refractivity contribution is 8.00. The van der Waals surface area contributed by atoms with Gasteiger partial charge in [-0.3, -0.25) is 4.79 Å². The van der Waals surface area contributed by atoms with Crippen molar-refractivity contribution in [3.63, 3.8) is 0 Å². The van der Waals surface area contributed by atoms with Crippen LogP contribution in [0.15, 0.2) is 46.1 Å². The second kappa shape index (κ2) is 7.92. The number of benzene rings is 1. The highest BCUT2D eigenvalue weighted by Gasteiger charge is 2.10. The maximum Gasteiger partial charge on any atom is 0.231 e. The molecule has 3 aromatic rings. The van der Waals surface area contributed by atoms with Gasteiger partial charge in [-0.25, -0.2) is 0 Å². The fourth-order valence-electron chi connectivity index (χ4n) is 1.81. The minimum atomic E-state index is -0.0775. The van der Waals surface area contributed by atoms with Gasteiger partial charge in [-0.15, -0.1) is 21.5 Å². The number of thioether (sulfide) groups is 1. The summed E-state index contributed by atoms with van der Waals surface area (Å²) in [6, 6.07) is 11.6. The molecule has 0 fully saturated rings. The zero-order valence-electron chi connectivity index (χ0n) is 11.9. The summed E-state index contributed by atoms with van der Waals surface area (Å²) < 4.78 is 0.802. The normalized spacial score (nSPS) is 10.7. The van der Waals surface area contributed by atoms with Gasteiger partial charge >= 0.3 is 0 Å². The minimum Gasteiger partial charge on any atom is -0.300 e. The number of rotatable bonds is 6. The van der Waals surface area contributed by atoms with E-state index in [2.05, 4.69) is 15.5 Å². The highest BCUT2D eigenvalue weighted by Crippen LogP contribution is 2.30. The molecule has 0 radical (unpaired) electrons. The molecule has 3 rings (SSSR count). The number of amides is 1. The van der Waals surface area contributed by atoms with Gasteiger partial charge < -0.3 is 5.32 Å². The Labute approximate surface area is 150 Å². The van der Waals surface area contributed by atoms with E-state index in [0.717, 1.165) is 25.6 Å². The Balaban J connectivity index is 1.53. The number of aromatic nitrogens is 2. The lowest BCUT2D eigenvalue weighted by atomic mass is 10.2. The Morgan fingerprint density at radius 3 is 2.87 bits per heavy atom. The van der Waals surface area contributed by atoms with E-state index in [-0.39, 0.29) is 5.91 Å². The van der Waals surface area contributed by atoms with Gasteiger partial charge in [-0.1, -0.05) is 59.0 Å². The molecule has 2 heterocycles. The van der Waals surface area contributed by atoms with Gasteiger partial charge in [0, 0.05) is 15.7 Å². The molecule has 0 aliphatic rings. The topological polar surface area (TPSA) is 54.9 Å². The summed E-state index contributed by atoms with van der Waals surface area (Å²) in [4.78, 5) is 13.0. The smallest absolute Gasteiger partial charge is 0.231 e. The van der Waals surface area contributed by atoms with Crippen LogP contribution in [-0.2, 0) is 17.0 Å². The Bertz CT molecular complexity index is 789. The molecule has 0 spiro atoms. The lowest BCUT2D eigenvalue weighted by Gasteiger charge is -2.00. The Morgan fingerprint density at radius 2 is 2.09 bits per heavy atom. The SMILES string of the molecule is O=C(Cc1cccs1)Nc1nnc(SCc2ccccc2Cl)s1. The van der Waals surface area contributed by atoms with Crippen LogP contribution in [0.2, 0.25) is 5.02 Å². The number of anilines is 1. The van der Waals surface area contributed by atoms with Crippen LogP contribution < -0.4 is 5.32 Å². The van der Waals surface area contributed by atoms with Gasteiger partial charge in [0.2, 0.25) is 11.0 Å². The predicted octanol–water partition coefficient (Wildman–Crippen LogP) is 4.73. The van der Waals surface area contributed by atoms with Crippen LogP contribution in [0.4, 0.5) is 5.13 Å². The average Bonchev–Trinajstić information content (AvgIpc) is 3.18. The molecular weight excluding hydrogens is 370 g/mol. The third-order valence-corrected chi connectivity index (χ3v) is 6.14. The summed E-state index contributed by atoms with van der Waals surface area (Å²) in [5.74, 6) is 0.642. The number of halogens is 1. The van der Waals surface area contributed by atoms with E-state index >= 15 is 0 Å². The van der Waals surface area contributed by atoms with Crippen LogP contribution in [0, 0.1) is 0 Å². The predicted molar refractivity (Wildman–Crippen MR) is 97.6 cm³/mol. The monoisotopic (exact) mass is 381 g/mol. The van der Waals surface area contributed by atoms with Gasteiger partial charge in [0.25, 0.3) is 0 Å². The zero-order valence-corrected chi connectivity index (χ0v) is 15.1. The van der Waals surface area contributed by atoms with E-state index < -0.39 is 0 Å². The van der Waals surface area contributed by atoms with E-state index in [0.29, 0.717) is 11.6 Å². The molecule has 8 heteroatoms. The van der Waals surface area contributed by atoms with E-state index in [1.54, 1.807) is 23.1 Å². The lowest BCUT2D eigenvalue weighted by Crippen LogP contribution is -2.13. The van der Waals surface area contributed by atoms with Gasteiger partial charge in [0.15, 0.2) is 4.34 Å². The largest absolute Gasteiger partial charge is 0.300 e. The minimum absolute atomic E-state index is 0.0775. The molecule has 0 aliphatic heterocycles. The molecule has 0 atom stereocenters. The highest BCUT2D eigenvalue weighted by atomic mass is 35.5. The third-order valence-electron chi connectivity index (χ3n) is 2.88. The van der Waals surface area contributed by atoms with Gasteiger partial charge in [-0.2, -0.15) is 0 Å². The summed E-state index contributed by atoms with van der Waals surface area (Å²) in [6.45, 7) is 0. The Hall–Kier alpha value is -1.41. The van der Waals surface area contributed by atoms with Crippen molar-refractivity contribution in [2.45, 2.75) is 16.5 Å². The number of carbonyl (C=O) groups is 1. The zero-order chi connectivity index (χ0) is 16.1. The number of nitrogens with zero attached hydrogens (tertiary/aromatic N) is 2. The van der Waals surface area contributed by atoms with Crippen molar-refractivity contribution < 1.29 is 4.79 Å². The van der Waals surface area contributed by atoms with Crippen molar-refractivity contribution in [2.24, 2.45) is 0 Å². The van der Waals surface area contributed by atoms with Crippen molar-refractivity contribution >= 4 is 57.1 Å². The second-order valence-corrected chi connectivity index (χ2v) is 8.20. The second-order valence-electron chi connectivity index (χ2n) is 4.56. The number of hydrogen-bond acceptors (Lipinski definition) is 6. The molecule has 118 valence electrons. The molecule has 0 saturated heterocycles. The van der Waals surface area contributed by atoms with Crippen LogP contribution in [0.3, 0.4) is 0 Å². The van der Waals surface area contributed by atoms with Crippen LogP contribution in [0.25, 0.3) is 0 Å². The number of carbonyl (C=O) groups excluding carboxylic acids is 1. The molecule has 23 heavy (non-hydrogen) atoms. The Morgan fingerprint density at radius 1 is 1.22 bits per heavy atom. The van der Waals surface area contributed by atoms with Crippen molar-refractivity contribution in [2.75, 3.05) is 5.32 Å². The van der Waals surface area contributed by atoms with Crippen molar-refractivity contribution in [1.82, 2.24) is 10.2 Å². The molecule has 0 bridgehead atoms. The molecule has 4 nitrogen and oxygen atoms in total. The first-order chi connectivity index (χ1) is 11.2. The quantitative estimate of drug-likeness (QED) is 0.495. The first-order valence-electron chi connectivity index (χ1n) is 6.72. The molecule has 1 amide bonds. The standard InChI is InChI=1S/C15H12ClN3OS3/c16-12-6-2-1-4-10(12)9-22-15-19-18-14(23-15)17-13(20)8-11-5-3-7-21-11/h1-7H,8-9H2,(H,17,18,20). The van der Waals surface area contributed by atoms with Gasteiger partial charge in [-0.05, 0) is 23.1 Å². The summed E-state index contributed by atoms with van der Waals surface area (Å²) in [5.41, 5.74) is 1.05. The third kappa shape index (κ3) is 4.78. The summed E-state index contributed by atoms with van der Waals surface area (Å²) in [6.07, 6.45) is 0.360. The van der Waals surface area contributed by atoms with E-state index in [1.165, 1.54) is 11.3 Å². The van der Waals surface area contributed by atoms with Crippen LogP contribution in [0.5, 0.6) is 0 Å². The molecule has 2 aromatic heterocycles. The van der Waals surface area contributed by atoms with Crippen molar-refractivity contribution in [3.05, 3.63) is 57.2 Å². The summed E-state index contributed by atoms with van der Waals surface area (Å²) >= 11 is 10.6. The average molecular weight is 382 g/mol. The van der Waals surface area contributed by atoms with Crippen molar-refractivity contribution in [1.29, 1.82) is 0 Å². The van der Waals surface area contributed by atoms with Crippen LogP contribution >= 0.6 is 46.0 Å². The molecular formula is C15H12ClN3OS3. The Kier molecular flexibility index (Phi) is 5.66. The number of nitrogens with one attached hydrogen (secondary N) is 1. The number of thiophene rings is 1. The molecule has 0 saturated carbocycles. The lowest BCUT2D eigenvalue weighted by molar-refractivity contribution is -0.115. The first kappa shape index (κ1) is 16.4. The van der Waals surface area contributed by atoms with Gasteiger partial charge in [0.1, 0.15) is 0 Å². The molecule has 1 N–H and O–H groups in total. The van der Waals surface area contributed by atoms with E-state index in [4.69, 9.17) is 11.6 Å². The van der Waals surface area contributed by atoms with Crippen molar-refractivity contribution in [3.8, 4) is 0 Å². The maximum atomic E-state index is 11.9. The van der Waals surface area contributed by atoms with Gasteiger partial charge in [0.05, 0.1) is 6.42 Å². The van der Waals surface area contributed by atoms with Crippen LogP contribution in [0.1, 0.15) is 10.4 Å². The summed E-state index contributed by atoms with van der Waals surface area (Å²) in [5, 5.41) is 14.1. The fourth-order valence-corrected chi connectivity index (χ4v) is 4.57. The number of hydrogen-bond donors (Lipinski definition) is 1. The van der Waals surface area contributed by atoms with E-state index in [1.807, 2.05) is 41.8 Å². The molecule has 0 aliphatic carbocycles. The first-order valence-corrected chi connectivity index (χ1v) is 9.78. The van der Waals surface area contributed by atoms with E-state index in [9.17, 15) is 4.79 Å². The van der Waals surface area contributed by atoms with Crippen LogP contribution in [-0.4, -0.2) is 16.1 Å².